The number of hydrogen-bond donors (Lipinski definition) is 2. The van der Waals surface area contributed by atoms with Crippen LogP contribution in [-0.2, 0) is 6.54 Å². The van der Waals surface area contributed by atoms with Crippen LogP contribution in [0.2, 0.25) is 0 Å². The minimum atomic E-state index is 0.423. The molecule has 0 atom stereocenters. The second kappa shape index (κ2) is 7.43. The Bertz CT molecular complexity index is 641. The highest BCUT2D eigenvalue weighted by atomic mass is 32.2. The highest BCUT2D eigenvalue weighted by Crippen LogP contribution is 2.28. The van der Waals surface area contributed by atoms with Crippen LogP contribution < -0.4 is 11.1 Å². The summed E-state index contributed by atoms with van der Waals surface area (Å²) in [5, 5.41) is 3.41. The quantitative estimate of drug-likeness (QED) is 0.628. The van der Waals surface area contributed by atoms with E-state index in [9.17, 15) is 0 Å². The molecule has 0 radical (unpaired) electrons. The van der Waals surface area contributed by atoms with E-state index in [1.165, 1.54) is 5.56 Å². The van der Waals surface area contributed by atoms with Gasteiger partial charge in [-0.3, -0.25) is 4.98 Å². The summed E-state index contributed by atoms with van der Waals surface area (Å²) in [6, 6.07) is 10.1. The number of benzene rings is 1. The fraction of sp³-hybridized carbons (Fsp3) is 0.250. The number of aryl methyl sites for hydroxylation is 1. The zero-order valence-corrected chi connectivity index (χ0v) is 13.9. The number of pyridine rings is 1. The first kappa shape index (κ1) is 15.8. The lowest BCUT2D eigenvalue weighted by Crippen LogP contribution is -2.15. The second-order valence-electron chi connectivity index (χ2n) is 4.60. The van der Waals surface area contributed by atoms with Gasteiger partial charge in [-0.1, -0.05) is 31.3 Å². The van der Waals surface area contributed by atoms with E-state index in [1.807, 2.05) is 24.4 Å². The summed E-state index contributed by atoms with van der Waals surface area (Å²) in [5.74, 6) is 0.985. The van der Waals surface area contributed by atoms with Gasteiger partial charge in [0, 0.05) is 22.3 Å². The van der Waals surface area contributed by atoms with Crippen LogP contribution in [0, 0.1) is 6.92 Å². The van der Waals surface area contributed by atoms with Crippen molar-refractivity contribution in [3.05, 3.63) is 53.3 Å². The molecule has 1 heterocycles. The number of thiocarbonyl (C=S) groups is 1. The number of hydrogen-bond acceptors (Lipinski definition) is 4. The molecule has 1 aromatic heterocycles. The summed E-state index contributed by atoms with van der Waals surface area (Å²) in [4.78, 5) is 5.94. The Morgan fingerprint density at radius 1 is 1.33 bits per heavy atom. The van der Waals surface area contributed by atoms with Crippen molar-refractivity contribution in [1.82, 2.24) is 4.98 Å². The summed E-state index contributed by atoms with van der Waals surface area (Å²) < 4.78 is 0. The number of rotatable bonds is 6. The second-order valence-corrected chi connectivity index (χ2v) is 6.34. The monoisotopic (exact) mass is 317 g/mol. The van der Waals surface area contributed by atoms with Crippen molar-refractivity contribution >= 4 is 34.7 Å². The van der Waals surface area contributed by atoms with Crippen LogP contribution in [0.1, 0.15) is 23.7 Å². The third-order valence-electron chi connectivity index (χ3n) is 3.14. The Kier molecular flexibility index (Phi) is 5.59. The van der Waals surface area contributed by atoms with Gasteiger partial charge in [0.1, 0.15) is 4.99 Å². The SMILES string of the molecule is CCSc1cccc(NCc2ncccc2C)c1C(N)=S. The highest BCUT2D eigenvalue weighted by Gasteiger charge is 2.11. The molecular formula is C16H19N3S2. The number of nitrogens with two attached hydrogens (primary N) is 1. The van der Waals surface area contributed by atoms with Crippen LogP contribution in [0.4, 0.5) is 5.69 Å². The largest absolute Gasteiger partial charge is 0.389 e. The lowest BCUT2D eigenvalue weighted by atomic mass is 10.1. The number of thioether (sulfide) groups is 1. The average Bonchev–Trinajstić information content (AvgIpc) is 2.46. The Hall–Kier alpha value is -1.59. The molecule has 0 unspecified atom stereocenters. The van der Waals surface area contributed by atoms with Gasteiger partial charge in [-0.05, 0) is 36.4 Å². The molecule has 1 aromatic carbocycles. The van der Waals surface area contributed by atoms with Crippen LogP contribution >= 0.6 is 24.0 Å². The highest BCUT2D eigenvalue weighted by molar-refractivity contribution is 7.99. The first-order valence-corrected chi connectivity index (χ1v) is 8.22. The summed E-state index contributed by atoms with van der Waals surface area (Å²) in [5.41, 5.74) is 9.99. The molecule has 0 bridgehead atoms. The molecule has 0 aliphatic heterocycles. The van der Waals surface area contributed by atoms with Crippen molar-refractivity contribution in [2.75, 3.05) is 11.1 Å². The van der Waals surface area contributed by atoms with Gasteiger partial charge in [0.25, 0.3) is 0 Å². The van der Waals surface area contributed by atoms with Crippen LogP contribution in [0.15, 0.2) is 41.4 Å². The van der Waals surface area contributed by atoms with Crippen molar-refractivity contribution in [3.8, 4) is 0 Å². The summed E-state index contributed by atoms with van der Waals surface area (Å²) in [6.45, 7) is 4.83. The van der Waals surface area contributed by atoms with Gasteiger partial charge in [-0.2, -0.15) is 0 Å². The van der Waals surface area contributed by atoms with Gasteiger partial charge in [0.15, 0.2) is 0 Å². The van der Waals surface area contributed by atoms with Gasteiger partial charge in [-0.25, -0.2) is 0 Å². The Balaban J connectivity index is 2.25. The van der Waals surface area contributed by atoms with Gasteiger partial charge >= 0.3 is 0 Å². The fourth-order valence-corrected chi connectivity index (χ4v) is 3.23. The number of aromatic nitrogens is 1. The zero-order valence-electron chi connectivity index (χ0n) is 12.2. The predicted molar refractivity (Wildman–Crippen MR) is 95.0 cm³/mol. The molecule has 0 fully saturated rings. The van der Waals surface area contributed by atoms with E-state index < -0.39 is 0 Å². The van der Waals surface area contributed by atoms with Crippen LogP contribution in [0.25, 0.3) is 0 Å². The number of anilines is 1. The molecular weight excluding hydrogens is 298 g/mol. The fourth-order valence-electron chi connectivity index (χ4n) is 2.09. The van der Waals surface area contributed by atoms with Crippen molar-refractivity contribution < 1.29 is 0 Å². The van der Waals surface area contributed by atoms with E-state index in [2.05, 4.69) is 36.3 Å². The molecule has 2 aromatic rings. The minimum Gasteiger partial charge on any atom is -0.389 e. The van der Waals surface area contributed by atoms with Gasteiger partial charge in [0.05, 0.1) is 12.2 Å². The maximum absolute atomic E-state index is 5.91. The smallest absolute Gasteiger partial charge is 0.107 e. The minimum absolute atomic E-state index is 0.423. The maximum atomic E-state index is 5.91. The molecule has 0 saturated carbocycles. The Morgan fingerprint density at radius 3 is 2.81 bits per heavy atom. The Labute approximate surface area is 135 Å². The van der Waals surface area contributed by atoms with E-state index in [0.29, 0.717) is 11.5 Å². The standard InChI is InChI=1S/C16H19N3S2/c1-3-21-14-8-4-7-12(15(14)16(17)20)19-10-13-11(2)6-5-9-18-13/h4-9,19H,3,10H2,1-2H3,(H2,17,20). The average molecular weight is 317 g/mol. The molecule has 5 heteroatoms. The lowest BCUT2D eigenvalue weighted by molar-refractivity contribution is 1.02. The topological polar surface area (TPSA) is 50.9 Å². The van der Waals surface area contributed by atoms with Crippen molar-refractivity contribution in [1.29, 1.82) is 0 Å². The lowest BCUT2D eigenvalue weighted by Gasteiger charge is -2.15. The van der Waals surface area contributed by atoms with Crippen LogP contribution in [0.3, 0.4) is 0 Å². The molecule has 2 rings (SSSR count). The maximum Gasteiger partial charge on any atom is 0.107 e. The number of nitrogens with one attached hydrogen (secondary N) is 1. The van der Waals surface area contributed by atoms with E-state index in [-0.39, 0.29) is 0 Å². The molecule has 3 nitrogen and oxygen atoms in total. The third kappa shape index (κ3) is 3.95. The molecule has 0 amide bonds. The van der Waals surface area contributed by atoms with Crippen molar-refractivity contribution in [3.63, 3.8) is 0 Å². The molecule has 110 valence electrons. The first-order chi connectivity index (χ1) is 10.1. The predicted octanol–water partition coefficient (Wildman–Crippen LogP) is 3.75. The first-order valence-electron chi connectivity index (χ1n) is 6.83. The van der Waals surface area contributed by atoms with E-state index >= 15 is 0 Å². The van der Waals surface area contributed by atoms with Crippen molar-refractivity contribution in [2.45, 2.75) is 25.3 Å². The molecule has 0 aliphatic carbocycles. The Morgan fingerprint density at radius 2 is 2.14 bits per heavy atom. The molecule has 3 N–H and O–H groups in total. The van der Waals surface area contributed by atoms with Crippen LogP contribution in [-0.4, -0.2) is 15.7 Å². The van der Waals surface area contributed by atoms with Gasteiger partial charge < -0.3 is 11.1 Å². The van der Waals surface area contributed by atoms with Gasteiger partial charge in [-0.15, -0.1) is 11.8 Å². The number of nitrogens with zero attached hydrogens (tertiary/aromatic N) is 1. The third-order valence-corrected chi connectivity index (χ3v) is 4.28. The van der Waals surface area contributed by atoms with E-state index in [4.69, 9.17) is 18.0 Å². The summed E-state index contributed by atoms with van der Waals surface area (Å²) in [6.07, 6.45) is 1.81. The zero-order chi connectivity index (χ0) is 15.2. The van der Waals surface area contributed by atoms with E-state index in [0.717, 1.165) is 27.6 Å². The molecule has 0 saturated heterocycles. The van der Waals surface area contributed by atoms with Crippen LogP contribution in [0.5, 0.6) is 0 Å². The molecule has 0 spiro atoms. The molecule has 0 aliphatic rings. The molecule has 21 heavy (non-hydrogen) atoms. The summed E-state index contributed by atoms with van der Waals surface area (Å²) in [7, 11) is 0. The summed E-state index contributed by atoms with van der Waals surface area (Å²) >= 11 is 6.96. The van der Waals surface area contributed by atoms with Gasteiger partial charge in [0.2, 0.25) is 0 Å². The normalized spacial score (nSPS) is 10.4. The van der Waals surface area contributed by atoms with E-state index in [1.54, 1.807) is 11.8 Å². The van der Waals surface area contributed by atoms with Crippen molar-refractivity contribution in [2.24, 2.45) is 5.73 Å².